The van der Waals surface area contributed by atoms with Crippen molar-refractivity contribution < 1.29 is 0 Å². The van der Waals surface area contributed by atoms with Gasteiger partial charge in [0.15, 0.2) is 0 Å². The summed E-state index contributed by atoms with van der Waals surface area (Å²) < 4.78 is 0. The zero-order valence-corrected chi connectivity index (χ0v) is 11.7. The lowest BCUT2D eigenvalue weighted by Gasteiger charge is -2.07. The van der Waals surface area contributed by atoms with E-state index < -0.39 is 0 Å². The highest BCUT2D eigenvalue weighted by Gasteiger charge is 1.99. The van der Waals surface area contributed by atoms with Gasteiger partial charge in [0.1, 0.15) is 0 Å². The molecule has 0 spiro atoms. The van der Waals surface area contributed by atoms with Gasteiger partial charge in [-0.15, -0.1) is 12.4 Å². The first-order valence-corrected chi connectivity index (χ1v) is 5.94. The summed E-state index contributed by atoms with van der Waals surface area (Å²) in [5, 5.41) is 10.4. The molecule has 3 heteroatoms. The van der Waals surface area contributed by atoms with Crippen molar-refractivity contribution in [3.8, 4) is 0 Å². The van der Waals surface area contributed by atoms with Crippen LogP contribution in [0.25, 0.3) is 0 Å². The van der Waals surface area contributed by atoms with Crippen molar-refractivity contribution >= 4 is 18.2 Å². The van der Waals surface area contributed by atoms with Crippen LogP contribution in [0.1, 0.15) is 31.4 Å². The molecule has 0 radical (unpaired) electrons. The first kappa shape index (κ1) is 16.0. The third-order valence-corrected chi connectivity index (χ3v) is 2.63. The summed E-state index contributed by atoms with van der Waals surface area (Å²) in [4.78, 5) is 0. The van der Waals surface area contributed by atoms with E-state index >= 15 is 0 Å². The van der Waals surface area contributed by atoms with E-state index in [0.717, 1.165) is 19.3 Å². The number of rotatable bonds is 5. The van der Waals surface area contributed by atoms with E-state index in [1.54, 1.807) is 7.05 Å². The average molecular weight is 255 g/mol. The van der Waals surface area contributed by atoms with Gasteiger partial charge >= 0.3 is 0 Å². The molecule has 0 saturated carbocycles. The maximum absolute atomic E-state index is 7.51. The Labute approximate surface area is 111 Å². The Morgan fingerprint density at radius 2 is 1.71 bits per heavy atom. The molecule has 1 aromatic rings. The van der Waals surface area contributed by atoms with Gasteiger partial charge in [0.25, 0.3) is 0 Å². The van der Waals surface area contributed by atoms with Crippen LogP contribution in [0, 0.1) is 11.3 Å². The summed E-state index contributed by atoms with van der Waals surface area (Å²) in [6.45, 7) is 4.48. The quantitative estimate of drug-likeness (QED) is 0.613. The minimum Gasteiger partial charge on any atom is -0.377 e. The number of amidine groups is 1. The van der Waals surface area contributed by atoms with Crippen molar-refractivity contribution in [1.29, 1.82) is 5.41 Å². The van der Waals surface area contributed by atoms with E-state index in [-0.39, 0.29) is 12.4 Å². The number of nitrogens with one attached hydrogen (secondary N) is 2. The lowest BCUT2D eigenvalue weighted by molar-refractivity contribution is 0.647. The van der Waals surface area contributed by atoms with Gasteiger partial charge in [-0.3, -0.25) is 5.41 Å². The van der Waals surface area contributed by atoms with E-state index in [1.807, 2.05) is 0 Å². The second-order valence-corrected chi connectivity index (χ2v) is 4.64. The molecule has 0 heterocycles. The fourth-order valence-corrected chi connectivity index (χ4v) is 1.71. The molecule has 1 aromatic carbocycles. The zero-order chi connectivity index (χ0) is 12.0. The normalized spacial score (nSPS) is 9.88. The molecule has 2 N–H and O–H groups in total. The highest BCUT2D eigenvalue weighted by Crippen LogP contribution is 2.10. The Morgan fingerprint density at radius 1 is 1.18 bits per heavy atom. The molecule has 0 aliphatic carbocycles. The lowest BCUT2D eigenvalue weighted by Crippen LogP contribution is -2.17. The van der Waals surface area contributed by atoms with E-state index in [1.165, 1.54) is 11.1 Å². The van der Waals surface area contributed by atoms with Gasteiger partial charge in [0.2, 0.25) is 0 Å². The van der Waals surface area contributed by atoms with Crippen LogP contribution in [-0.2, 0) is 12.8 Å². The topological polar surface area (TPSA) is 35.9 Å². The Hall–Kier alpha value is -1.02. The predicted octanol–water partition coefficient (Wildman–Crippen LogP) is 3.44. The second kappa shape index (κ2) is 8.13. The van der Waals surface area contributed by atoms with Crippen molar-refractivity contribution in [3.63, 3.8) is 0 Å². The lowest BCUT2D eigenvalue weighted by atomic mass is 10.0. The summed E-state index contributed by atoms with van der Waals surface area (Å²) in [5.41, 5.74) is 2.72. The van der Waals surface area contributed by atoms with Gasteiger partial charge in [-0.1, -0.05) is 38.1 Å². The van der Waals surface area contributed by atoms with Gasteiger partial charge in [-0.2, -0.15) is 0 Å². The van der Waals surface area contributed by atoms with Crippen LogP contribution in [0.5, 0.6) is 0 Å². The van der Waals surface area contributed by atoms with Crippen LogP contribution in [0.2, 0.25) is 0 Å². The number of hydrogen-bond donors (Lipinski definition) is 2. The highest BCUT2D eigenvalue weighted by molar-refractivity contribution is 5.85. The largest absolute Gasteiger partial charge is 0.377 e. The fraction of sp³-hybridized carbons (Fsp3) is 0.500. The molecule has 0 aromatic heterocycles. The molecule has 96 valence electrons. The molecule has 0 unspecified atom stereocenters. The SMILES string of the molecule is CNC(=N)CCc1ccc(CC(C)C)cc1.Cl. The second-order valence-electron chi connectivity index (χ2n) is 4.64. The maximum Gasteiger partial charge on any atom is 0.0932 e. The van der Waals surface area contributed by atoms with Crippen LogP contribution >= 0.6 is 12.4 Å². The van der Waals surface area contributed by atoms with E-state index in [0.29, 0.717) is 11.8 Å². The van der Waals surface area contributed by atoms with E-state index in [4.69, 9.17) is 5.41 Å². The first-order chi connectivity index (χ1) is 7.61. The Kier molecular flexibility index (Phi) is 7.64. The molecular formula is C14H23ClN2. The number of benzene rings is 1. The summed E-state index contributed by atoms with van der Waals surface area (Å²) in [6, 6.07) is 8.78. The van der Waals surface area contributed by atoms with Gasteiger partial charge in [-0.05, 0) is 29.9 Å². The third kappa shape index (κ3) is 6.32. The average Bonchev–Trinajstić information content (AvgIpc) is 2.27. The zero-order valence-electron chi connectivity index (χ0n) is 10.9. The van der Waals surface area contributed by atoms with Crippen molar-refractivity contribution in [2.24, 2.45) is 5.92 Å². The standard InChI is InChI=1S/C14H22N2.ClH/c1-11(2)10-13-6-4-12(5-7-13)8-9-14(15)16-3;/h4-7,11H,8-10H2,1-3H3,(H2,15,16);1H. The molecule has 0 atom stereocenters. The van der Waals surface area contributed by atoms with Crippen LogP contribution in [0.15, 0.2) is 24.3 Å². The van der Waals surface area contributed by atoms with Crippen LogP contribution in [-0.4, -0.2) is 12.9 Å². The minimum atomic E-state index is 0. The molecule has 0 bridgehead atoms. The molecule has 0 saturated heterocycles. The van der Waals surface area contributed by atoms with Gasteiger partial charge in [-0.25, -0.2) is 0 Å². The predicted molar refractivity (Wildman–Crippen MR) is 77.3 cm³/mol. The minimum absolute atomic E-state index is 0. The Morgan fingerprint density at radius 3 is 2.18 bits per heavy atom. The van der Waals surface area contributed by atoms with Crippen LogP contribution in [0.3, 0.4) is 0 Å². The first-order valence-electron chi connectivity index (χ1n) is 5.94. The van der Waals surface area contributed by atoms with Crippen molar-refractivity contribution in [1.82, 2.24) is 5.32 Å². The van der Waals surface area contributed by atoms with Crippen molar-refractivity contribution in [2.45, 2.75) is 33.1 Å². The summed E-state index contributed by atoms with van der Waals surface area (Å²) in [6.07, 6.45) is 2.88. The highest BCUT2D eigenvalue weighted by atomic mass is 35.5. The molecule has 0 fully saturated rings. The van der Waals surface area contributed by atoms with Crippen molar-refractivity contribution in [3.05, 3.63) is 35.4 Å². The molecule has 0 aliphatic rings. The number of aryl methyl sites for hydroxylation is 1. The fourth-order valence-electron chi connectivity index (χ4n) is 1.71. The van der Waals surface area contributed by atoms with Gasteiger partial charge < -0.3 is 5.32 Å². The molecule has 0 amide bonds. The molecule has 0 aliphatic heterocycles. The molecule has 1 rings (SSSR count). The summed E-state index contributed by atoms with van der Waals surface area (Å²) >= 11 is 0. The van der Waals surface area contributed by atoms with E-state index in [9.17, 15) is 0 Å². The summed E-state index contributed by atoms with van der Waals surface area (Å²) in [5.74, 6) is 1.31. The monoisotopic (exact) mass is 254 g/mol. The van der Waals surface area contributed by atoms with Crippen molar-refractivity contribution in [2.75, 3.05) is 7.05 Å². The summed E-state index contributed by atoms with van der Waals surface area (Å²) in [7, 11) is 1.80. The van der Waals surface area contributed by atoms with Gasteiger partial charge in [0, 0.05) is 13.5 Å². The number of hydrogen-bond acceptors (Lipinski definition) is 1. The van der Waals surface area contributed by atoms with Crippen LogP contribution < -0.4 is 5.32 Å². The molecule has 2 nitrogen and oxygen atoms in total. The Balaban J connectivity index is 0.00000256. The maximum atomic E-state index is 7.51. The smallest absolute Gasteiger partial charge is 0.0932 e. The molecule has 17 heavy (non-hydrogen) atoms. The van der Waals surface area contributed by atoms with Crippen LogP contribution in [0.4, 0.5) is 0 Å². The van der Waals surface area contributed by atoms with E-state index in [2.05, 4.69) is 43.4 Å². The number of halogens is 1. The molecular weight excluding hydrogens is 232 g/mol. The Bertz CT molecular complexity index is 331. The van der Waals surface area contributed by atoms with Gasteiger partial charge in [0.05, 0.1) is 5.84 Å². The third-order valence-electron chi connectivity index (χ3n) is 2.63.